The van der Waals surface area contributed by atoms with Crippen molar-refractivity contribution in [3.63, 3.8) is 0 Å². The highest BCUT2D eigenvalue weighted by molar-refractivity contribution is 5.26. The lowest BCUT2D eigenvalue weighted by Gasteiger charge is -2.42. The smallest absolute Gasteiger partial charge is 0.0468 e. The summed E-state index contributed by atoms with van der Waals surface area (Å²) >= 11 is 0. The molecular formula is C20H24O2. The van der Waals surface area contributed by atoms with Gasteiger partial charge in [-0.1, -0.05) is 60.7 Å². The molecule has 0 aliphatic heterocycles. The van der Waals surface area contributed by atoms with Crippen LogP contribution in [0.15, 0.2) is 60.7 Å². The average Bonchev–Trinajstić information content (AvgIpc) is 2.61. The van der Waals surface area contributed by atoms with Crippen LogP contribution in [-0.4, -0.2) is 23.4 Å². The van der Waals surface area contributed by atoms with Crippen LogP contribution < -0.4 is 0 Å². The fourth-order valence-corrected chi connectivity index (χ4v) is 4.14. The monoisotopic (exact) mass is 296 g/mol. The largest absolute Gasteiger partial charge is 0.396 e. The molecule has 0 bridgehead atoms. The van der Waals surface area contributed by atoms with Crippen molar-refractivity contribution in [3.05, 3.63) is 71.8 Å². The molecule has 0 heterocycles. The first-order valence-electron chi connectivity index (χ1n) is 8.16. The van der Waals surface area contributed by atoms with Crippen LogP contribution in [0.1, 0.15) is 35.8 Å². The zero-order chi connectivity index (χ0) is 15.4. The Morgan fingerprint density at radius 3 is 1.32 bits per heavy atom. The summed E-state index contributed by atoms with van der Waals surface area (Å²) in [6, 6.07) is 20.8. The molecule has 1 aliphatic carbocycles. The van der Waals surface area contributed by atoms with Crippen molar-refractivity contribution in [3.8, 4) is 0 Å². The van der Waals surface area contributed by atoms with E-state index in [2.05, 4.69) is 48.5 Å². The van der Waals surface area contributed by atoms with Crippen molar-refractivity contribution in [2.75, 3.05) is 13.2 Å². The Hall–Kier alpha value is -1.64. The Morgan fingerprint density at radius 1 is 0.636 bits per heavy atom. The normalized spacial score (nSPS) is 28.5. The Balaban J connectivity index is 1.89. The van der Waals surface area contributed by atoms with Gasteiger partial charge in [-0.25, -0.2) is 0 Å². The number of aliphatic hydroxyl groups excluding tert-OH is 2. The topological polar surface area (TPSA) is 40.5 Å². The molecule has 0 aromatic heterocycles. The minimum absolute atomic E-state index is 0.117. The molecule has 4 atom stereocenters. The lowest BCUT2D eigenvalue weighted by molar-refractivity contribution is 0.0554. The molecule has 116 valence electrons. The van der Waals surface area contributed by atoms with Gasteiger partial charge in [0, 0.05) is 13.2 Å². The van der Waals surface area contributed by atoms with Crippen LogP contribution in [-0.2, 0) is 0 Å². The molecule has 2 aromatic rings. The van der Waals surface area contributed by atoms with Crippen molar-refractivity contribution in [2.45, 2.75) is 24.7 Å². The number of benzene rings is 2. The van der Waals surface area contributed by atoms with Gasteiger partial charge in [-0.05, 0) is 47.6 Å². The van der Waals surface area contributed by atoms with Crippen LogP contribution in [0.5, 0.6) is 0 Å². The van der Waals surface area contributed by atoms with Crippen LogP contribution >= 0.6 is 0 Å². The molecule has 0 unspecified atom stereocenters. The zero-order valence-corrected chi connectivity index (χ0v) is 12.8. The molecule has 1 saturated carbocycles. The summed E-state index contributed by atoms with van der Waals surface area (Å²) < 4.78 is 0. The number of hydrogen-bond acceptors (Lipinski definition) is 2. The summed E-state index contributed by atoms with van der Waals surface area (Å²) in [5, 5.41) is 20.0. The second-order valence-corrected chi connectivity index (χ2v) is 6.30. The summed E-state index contributed by atoms with van der Waals surface area (Å²) in [4.78, 5) is 0. The summed E-state index contributed by atoms with van der Waals surface area (Å²) in [5.41, 5.74) is 2.57. The number of rotatable bonds is 4. The number of hydrogen-bond donors (Lipinski definition) is 2. The quantitative estimate of drug-likeness (QED) is 0.905. The van der Waals surface area contributed by atoms with E-state index >= 15 is 0 Å². The number of aliphatic hydroxyl groups is 2. The van der Waals surface area contributed by atoms with E-state index in [1.165, 1.54) is 11.1 Å². The van der Waals surface area contributed by atoms with E-state index in [0.29, 0.717) is 11.8 Å². The van der Waals surface area contributed by atoms with E-state index in [1.54, 1.807) is 0 Å². The second kappa shape index (κ2) is 7.08. The third-order valence-corrected chi connectivity index (χ3v) is 5.25. The summed E-state index contributed by atoms with van der Waals surface area (Å²) in [5.74, 6) is 0.907. The Morgan fingerprint density at radius 2 is 1.00 bits per heavy atom. The Labute approximate surface area is 132 Å². The first kappa shape index (κ1) is 15.3. The Bertz CT molecular complexity index is 513. The van der Waals surface area contributed by atoms with Crippen molar-refractivity contribution >= 4 is 0 Å². The summed E-state index contributed by atoms with van der Waals surface area (Å²) in [7, 11) is 0. The fourth-order valence-electron chi connectivity index (χ4n) is 4.14. The molecule has 0 saturated heterocycles. The summed E-state index contributed by atoms with van der Waals surface area (Å²) in [6.45, 7) is 0.266. The van der Waals surface area contributed by atoms with Crippen molar-refractivity contribution < 1.29 is 10.2 Å². The van der Waals surface area contributed by atoms with Gasteiger partial charge in [-0.15, -0.1) is 0 Å². The molecule has 0 radical (unpaired) electrons. The average molecular weight is 296 g/mol. The predicted molar refractivity (Wildman–Crippen MR) is 88.8 cm³/mol. The molecule has 2 heteroatoms. The van der Waals surface area contributed by atoms with Crippen LogP contribution in [0.2, 0.25) is 0 Å². The zero-order valence-electron chi connectivity index (χ0n) is 12.8. The Kier molecular flexibility index (Phi) is 4.91. The van der Waals surface area contributed by atoms with Crippen LogP contribution in [0, 0.1) is 11.8 Å². The first-order chi connectivity index (χ1) is 10.8. The minimum Gasteiger partial charge on any atom is -0.396 e. The molecule has 22 heavy (non-hydrogen) atoms. The lowest BCUT2D eigenvalue weighted by atomic mass is 9.63. The third-order valence-electron chi connectivity index (χ3n) is 5.25. The van der Waals surface area contributed by atoms with Crippen molar-refractivity contribution in [1.82, 2.24) is 0 Å². The van der Waals surface area contributed by atoms with Gasteiger partial charge in [0.05, 0.1) is 0 Å². The van der Waals surface area contributed by atoms with E-state index in [1.807, 2.05) is 12.1 Å². The molecule has 2 aromatic carbocycles. The van der Waals surface area contributed by atoms with Gasteiger partial charge >= 0.3 is 0 Å². The minimum atomic E-state index is 0.117. The van der Waals surface area contributed by atoms with Gasteiger partial charge in [0.1, 0.15) is 0 Å². The molecule has 1 fully saturated rings. The third kappa shape index (κ3) is 2.94. The van der Waals surface area contributed by atoms with Gasteiger partial charge in [-0.2, -0.15) is 0 Å². The molecule has 2 nitrogen and oxygen atoms in total. The van der Waals surface area contributed by atoms with Crippen LogP contribution in [0.25, 0.3) is 0 Å². The van der Waals surface area contributed by atoms with Gasteiger partial charge in [0.15, 0.2) is 0 Å². The lowest BCUT2D eigenvalue weighted by Crippen LogP contribution is -2.37. The molecular weight excluding hydrogens is 272 g/mol. The fraction of sp³-hybridized carbons (Fsp3) is 0.400. The molecule has 0 spiro atoms. The maximum atomic E-state index is 9.98. The van der Waals surface area contributed by atoms with Crippen LogP contribution in [0.4, 0.5) is 0 Å². The van der Waals surface area contributed by atoms with Gasteiger partial charge in [0.25, 0.3) is 0 Å². The van der Waals surface area contributed by atoms with E-state index in [-0.39, 0.29) is 25.0 Å². The van der Waals surface area contributed by atoms with Gasteiger partial charge in [-0.3, -0.25) is 0 Å². The van der Waals surface area contributed by atoms with Gasteiger partial charge < -0.3 is 10.2 Å². The highest BCUT2D eigenvalue weighted by Crippen LogP contribution is 2.47. The van der Waals surface area contributed by atoms with Crippen LogP contribution in [0.3, 0.4) is 0 Å². The molecule has 2 N–H and O–H groups in total. The molecule has 0 amide bonds. The van der Waals surface area contributed by atoms with Gasteiger partial charge in [0.2, 0.25) is 0 Å². The highest BCUT2D eigenvalue weighted by atomic mass is 16.3. The van der Waals surface area contributed by atoms with E-state index < -0.39 is 0 Å². The summed E-state index contributed by atoms with van der Waals surface area (Å²) in [6.07, 6.45) is 2.12. The molecule has 3 rings (SSSR count). The van der Waals surface area contributed by atoms with E-state index in [4.69, 9.17) is 0 Å². The first-order valence-corrected chi connectivity index (χ1v) is 8.16. The van der Waals surface area contributed by atoms with E-state index in [0.717, 1.165) is 12.8 Å². The van der Waals surface area contributed by atoms with Crippen molar-refractivity contribution in [2.24, 2.45) is 11.8 Å². The predicted octanol–water partition coefficient (Wildman–Crippen LogP) is 3.56. The standard InChI is InChI=1S/C20H24O2/c21-13-19-17(15-7-3-1-4-8-15)11-12-18(20(19)14-22)16-9-5-2-6-10-16/h1-10,17-22H,11-14H2/t17-,18+,19+,20-. The maximum Gasteiger partial charge on any atom is 0.0468 e. The van der Waals surface area contributed by atoms with Crippen molar-refractivity contribution in [1.29, 1.82) is 0 Å². The molecule has 1 aliphatic rings. The second-order valence-electron chi connectivity index (χ2n) is 6.30. The highest BCUT2D eigenvalue weighted by Gasteiger charge is 2.39. The maximum absolute atomic E-state index is 9.98. The SMILES string of the molecule is OC[C@@H]1[C@H](CO)[C@H](c2ccccc2)CC[C@@H]1c1ccccc1. The van der Waals surface area contributed by atoms with E-state index in [9.17, 15) is 10.2 Å².